The second kappa shape index (κ2) is 3.94. The Bertz CT molecular complexity index is 603. The second-order valence-electron chi connectivity index (χ2n) is 4.41. The number of nitrogens with one attached hydrogen (secondary N) is 1. The molecule has 1 aliphatic rings. The van der Waals surface area contributed by atoms with Crippen molar-refractivity contribution < 1.29 is 9.18 Å². The van der Waals surface area contributed by atoms with Gasteiger partial charge in [0.25, 0.3) is 0 Å². The zero-order valence-electron chi connectivity index (χ0n) is 9.85. The number of amides is 1. The van der Waals surface area contributed by atoms with Crippen molar-refractivity contribution in [3.8, 4) is 11.3 Å². The number of nitrogens with zero attached hydrogens (tertiary/aromatic N) is 2. The van der Waals surface area contributed by atoms with Crippen LogP contribution in [0.25, 0.3) is 11.3 Å². The lowest BCUT2D eigenvalue weighted by Gasteiger charge is -2.20. The molecule has 2 aromatic rings. The number of fused-ring (bicyclic) bond motifs is 1. The van der Waals surface area contributed by atoms with Crippen LogP contribution in [-0.2, 0) is 11.3 Å². The fourth-order valence-electron chi connectivity index (χ4n) is 2.17. The van der Waals surface area contributed by atoms with E-state index >= 15 is 0 Å². The van der Waals surface area contributed by atoms with E-state index < -0.39 is 0 Å². The molecule has 92 valence electrons. The Hall–Kier alpha value is -2.17. The van der Waals surface area contributed by atoms with Gasteiger partial charge >= 0.3 is 0 Å². The molecule has 1 aliphatic heterocycles. The van der Waals surface area contributed by atoms with Crippen LogP contribution in [0.2, 0.25) is 0 Å². The highest BCUT2D eigenvalue weighted by Gasteiger charge is 2.23. The van der Waals surface area contributed by atoms with Gasteiger partial charge in [0.2, 0.25) is 5.91 Å². The molecule has 0 spiro atoms. The summed E-state index contributed by atoms with van der Waals surface area (Å²) in [4.78, 5) is 15.9. The standard InChI is InChI=1S/C13H12FN3O/c1-8-13-16-11(6-17(13)7-12(18)15-8)9-2-4-10(14)5-3-9/h2-6,8H,7H2,1H3,(H,15,18). The van der Waals surface area contributed by atoms with Gasteiger partial charge in [-0.1, -0.05) is 0 Å². The van der Waals surface area contributed by atoms with E-state index in [4.69, 9.17) is 0 Å². The van der Waals surface area contributed by atoms with Crippen LogP contribution in [0, 0.1) is 5.82 Å². The van der Waals surface area contributed by atoms with Crippen molar-refractivity contribution in [2.75, 3.05) is 0 Å². The number of halogens is 1. The number of benzene rings is 1. The zero-order valence-corrected chi connectivity index (χ0v) is 9.85. The Balaban J connectivity index is 2.03. The second-order valence-corrected chi connectivity index (χ2v) is 4.41. The van der Waals surface area contributed by atoms with Gasteiger partial charge in [0.05, 0.1) is 11.7 Å². The maximum atomic E-state index is 12.9. The quantitative estimate of drug-likeness (QED) is 0.833. The summed E-state index contributed by atoms with van der Waals surface area (Å²) in [5, 5.41) is 2.83. The Morgan fingerprint density at radius 3 is 2.83 bits per heavy atom. The average Bonchev–Trinajstić information content (AvgIpc) is 2.74. The van der Waals surface area contributed by atoms with E-state index in [1.54, 1.807) is 12.1 Å². The number of imidazole rings is 1. The minimum absolute atomic E-state index is 0.0157. The topological polar surface area (TPSA) is 46.9 Å². The van der Waals surface area contributed by atoms with E-state index in [1.807, 2.05) is 17.7 Å². The minimum atomic E-state index is -0.270. The molecule has 4 nitrogen and oxygen atoms in total. The van der Waals surface area contributed by atoms with Gasteiger partial charge < -0.3 is 9.88 Å². The highest BCUT2D eigenvalue weighted by Crippen LogP contribution is 2.23. The zero-order chi connectivity index (χ0) is 12.7. The number of rotatable bonds is 1. The smallest absolute Gasteiger partial charge is 0.240 e. The first-order chi connectivity index (χ1) is 8.63. The lowest BCUT2D eigenvalue weighted by molar-refractivity contribution is -0.123. The molecule has 3 rings (SSSR count). The monoisotopic (exact) mass is 245 g/mol. The molecule has 1 aromatic carbocycles. The van der Waals surface area contributed by atoms with Gasteiger partial charge in [-0.25, -0.2) is 9.37 Å². The van der Waals surface area contributed by atoms with Crippen LogP contribution in [-0.4, -0.2) is 15.5 Å². The van der Waals surface area contributed by atoms with E-state index in [9.17, 15) is 9.18 Å². The van der Waals surface area contributed by atoms with Gasteiger partial charge in [-0.15, -0.1) is 0 Å². The molecule has 1 atom stereocenters. The van der Waals surface area contributed by atoms with Crippen molar-refractivity contribution in [2.45, 2.75) is 19.5 Å². The van der Waals surface area contributed by atoms with Gasteiger partial charge in [0.15, 0.2) is 0 Å². The van der Waals surface area contributed by atoms with Crippen molar-refractivity contribution in [1.29, 1.82) is 0 Å². The largest absolute Gasteiger partial charge is 0.345 e. The third-order valence-corrected chi connectivity index (χ3v) is 3.03. The molecular formula is C13H12FN3O. The van der Waals surface area contributed by atoms with Crippen LogP contribution in [0.1, 0.15) is 18.8 Å². The fraction of sp³-hybridized carbons (Fsp3) is 0.231. The first-order valence-corrected chi connectivity index (χ1v) is 5.76. The van der Waals surface area contributed by atoms with E-state index in [0.717, 1.165) is 17.1 Å². The summed E-state index contributed by atoms with van der Waals surface area (Å²) in [7, 11) is 0. The summed E-state index contributed by atoms with van der Waals surface area (Å²) >= 11 is 0. The Kier molecular flexibility index (Phi) is 2.40. The van der Waals surface area contributed by atoms with Crippen LogP contribution in [0.15, 0.2) is 30.5 Å². The summed E-state index contributed by atoms with van der Waals surface area (Å²) < 4.78 is 14.7. The molecular weight excluding hydrogens is 233 g/mol. The first kappa shape index (κ1) is 11.0. The summed E-state index contributed by atoms with van der Waals surface area (Å²) in [6, 6.07) is 6.08. The average molecular weight is 245 g/mol. The number of hydrogen-bond donors (Lipinski definition) is 1. The highest BCUT2D eigenvalue weighted by molar-refractivity contribution is 5.77. The Labute approximate surface area is 103 Å². The van der Waals surface area contributed by atoms with E-state index in [-0.39, 0.29) is 24.3 Å². The van der Waals surface area contributed by atoms with Gasteiger partial charge in [-0.3, -0.25) is 4.79 Å². The third kappa shape index (κ3) is 1.77. The predicted octanol–water partition coefficient (Wildman–Crippen LogP) is 1.88. The fourth-order valence-corrected chi connectivity index (χ4v) is 2.17. The molecule has 2 heterocycles. The van der Waals surface area contributed by atoms with Crippen LogP contribution >= 0.6 is 0 Å². The highest BCUT2D eigenvalue weighted by atomic mass is 19.1. The van der Waals surface area contributed by atoms with Gasteiger partial charge in [0, 0.05) is 11.8 Å². The van der Waals surface area contributed by atoms with Crippen LogP contribution in [0.4, 0.5) is 4.39 Å². The molecule has 5 heteroatoms. The third-order valence-electron chi connectivity index (χ3n) is 3.03. The molecule has 1 unspecified atom stereocenters. The van der Waals surface area contributed by atoms with Crippen molar-refractivity contribution in [1.82, 2.24) is 14.9 Å². The Morgan fingerprint density at radius 1 is 1.39 bits per heavy atom. The molecule has 0 saturated carbocycles. The lowest BCUT2D eigenvalue weighted by atomic mass is 10.2. The SMILES string of the molecule is CC1NC(=O)Cn2cc(-c3ccc(F)cc3)nc21. The van der Waals surface area contributed by atoms with Crippen molar-refractivity contribution in [3.05, 3.63) is 42.1 Å². The van der Waals surface area contributed by atoms with E-state index in [0.29, 0.717) is 0 Å². The van der Waals surface area contributed by atoms with E-state index in [2.05, 4.69) is 10.3 Å². The summed E-state index contributed by atoms with van der Waals surface area (Å²) in [6.45, 7) is 2.18. The normalized spacial score (nSPS) is 18.3. The molecule has 1 amide bonds. The summed E-state index contributed by atoms with van der Waals surface area (Å²) in [5.41, 5.74) is 1.60. The van der Waals surface area contributed by atoms with Crippen LogP contribution < -0.4 is 5.32 Å². The molecule has 0 aliphatic carbocycles. The maximum absolute atomic E-state index is 12.9. The number of carbonyl (C=O) groups excluding carboxylic acids is 1. The number of hydrogen-bond acceptors (Lipinski definition) is 2. The predicted molar refractivity (Wildman–Crippen MR) is 64.2 cm³/mol. The van der Waals surface area contributed by atoms with Gasteiger partial charge in [-0.05, 0) is 31.2 Å². The molecule has 0 bridgehead atoms. The summed E-state index contributed by atoms with van der Waals surface area (Å²) in [5.74, 6) is 0.542. The van der Waals surface area contributed by atoms with Crippen LogP contribution in [0.3, 0.4) is 0 Å². The molecule has 18 heavy (non-hydrogen) atoms. The molecule has 1 N–H and O–H groups in total. The van der Waals surface area contributed by atoms with Crippen molar-refractivity contribution in [2.24, 2.45) is 0 Å². The lowest BCUT2D eigenvalue weighted by Crippen LogP contribution is -2.37. The first-order valence-electron chi connectivity index (χ1n) is 5.76. The number of aromatic nitrogens is 2. The van der Waals surface area contributed by atoms with Crippen LogP contribution in [0.5, 0.6) is 0 Å². The number of carbonyl (C=O) groups is 1. The molecule has 0 saturated heterocycles. The van der Waals surface area contributed by atoms with E-state index in [1.165, 1.54) is 12.1 Å². The maximum Gasteiger partial charge on any atom is 0.240 e. The minimum Gasteiger partial charge on any atom is -0.345 e. The molecule has 0 fully saturated rings. The van der Waals surface area contributed by atoms with Gasteiger partial charge in [0.1, 0.15) is 18.2 Å². The van der Waals surface area contributed by atoms with Crippen molar-refractivity contribution >= 4 is 5.91 Å². The van der Waals surface area contributed by atoms with Gasteiger partial charge in [-0.2, -0.15) is 0 Å². The van der Waals surface area contributed by atoms with Crippen molar-refractivity contribution in [3.63, 3.8) is 0 Å². The Morgan fingerprint density at radius 2 is 2.11 bits per heavy atom. The molecule has 0 radical (unpaired) electrons. The molecule has 1 aromatic heterocycles. The summed E-state index contributed by atoms with van der Waals surface area (Å²) in [6.07, 6.45) is 1.83.